The van der Waals surface area contributed by atoms with Gasteiger partial charge in [-0.05, 0) is 39.0 Å². The van der Waals surface area contributed by atoms with Crippen LogP contribution in [0, 0.1) is 6.42 Å². The number of hydrogen-bond donors (Lipinski definition) is 1. The molecule has 1 nitrogen and oxygen atoms in total. The first-order valence-electron chi connectivity index (χ1n) is 4.38. The highest BCUT2D eigenvalue weighted by molar-refractivity contribution is 5.00. The quantitative estimate of drug-likeness (QED) is 0.539. The van der Waals surface area contributed by atoms with Crippen LogP contribution in [0.4, 0.5) is 0 Å². The molecule has 2 aliphatic heterocycles. The molecule has 0 aromatic heterocycles. The predicted octanol–water partition coefficient (Wildman–Crippen LogP) is 1.89. The summed E-state index contributed by atoms with van der Waals surface area (Å²) in [5.41, 5.74) is 0.473. The van der Waals surface area contributed by atoms with Crippen LogP contribution in [0.5, 0.6) is 0 Å². The molecule has 1 radical (unpaired) electrons. The minimum atomic E-state index is 0.473. The van der Waals surface area contributed by atoms with E-state index in [1.165, 1.54) is 32.1 Å². The van der Waals surface area contributed by atoms with E-state index in [0.717, 1.165) is 6.04 Å². The molecule has 2 saturated heterocycles. The van der Waals surface area contributed by atoms with E-state index in [0.29, 0.717) is 5.54 Å². The Kier molecular flexibility index (Phi) is 1.48. The van der Waals surface area contributed by atoms with Crippen LogP contribution in [0.25, 0.3) is 0 Å². The summed E-state index contributed by atoms with van der Waals surface area (Å²) >= 11 is 0. The summed E-state index contributed by atoms with van der Waals surface area (Å²) < 4.78 is 0. The topological polar surface area (TPSA) is 12.0 Å². The summed E-state index contributed by atoms with van der Waals surface area (Å²) in [6.07, 6.45) is 9.24. The van der Waals surface area contributed by atoms with Gasteiger partial charge in [0.2, 0.25) is 0 Å². The predicted molar refractivity (Wildman–Crippen MR) is 42.7 cm³/mol. The maximum Gasteiger partial charge on any atom is 0.0158 e. The van der Waals surface area contributed by atoms with Gasteiger partial charge in [-0.25, -0.2) is 0 Å². The highest BCUT2D eigenvalue weighted by Crippen LogP contribution is 2.32. The van der Waals surface area contributed by atoms with Gasteiger partial charge in [-0.15, -0.1) is 0 Å². The lowest BCUT2D eigenvalue weighted by Crippen LogP contribution is -2.54. The van der Waals surface area contributed by atoms with E-state index in [-0.39, 0.29) is 0 Å². The zero-order valence-corrected chi connectivity index (χ0v) is 6.69. The van der Waals surface area contributed by atoms with Crippen LogP contribution in [0.15, 0.2) is 0 Å². The molecule has 2 heterocycles. The molecule has 57 valence electrons. The molecule has 2 atom stereocenters. The molecule has 0 amide bonds. The normalized spacial score (nSPS) is 47.1. The molecule has 0 aromatic rings. The van der Waals surface area contributed by atoms with Gasteiger partial charge in [0.25, 0.3) is 0 Å². The maximum absolute atomic E-state index is 3.70. The van der Waals surface area contributed by atoms with Gasteiger partial charge >= 0.3 is 0 Å². The van der Waals surface area contributed by atoms with E-state index in [4.69, 9.17) is 0 Å². The fourth-order valence-corrected chi connectivity index (χ4v) is 2.32. The first kappa shape index (κ1) is 6.66. The Morgan fingerprint density at radius 2 is 2.50 bits per heavy atom. The smallest absolute Gasteiger partial charge is 0.0158 e. The van der Waals surface area contributed by atoms with E-state index in [1.807, 2.05) is 0 Å². The second-order valence-corrected chi connectivity index (χ2v) is 4.02. The summed E-state index contributed by atoms with van der Waals surface area (Å²) in [5.74, 6) is 0. The summed E-state index contributed by atoms with van der Waals surface area (Å²) in [7, 11) is 0. The minimum absolute atomic E-state index is 0.473. The fourth-order valence-electron chi connectivity index (χ4n) is 2.32. The van der Waals surface area contributed by atoms with Gasteiger partial charge in [0.1, 0.15) is 0 Å². The van der Waals surface area contributed by atoms with Crippen molar-refractivity contribution in [3.63, 3.8) is 0 Å². The van der Waals surface area contributed by atoms with Gasteiger partial charge in [0, 0.05) is 11.6 Å². The Hall–Kier alpha value is -0.0400. The van der Waals surface area contributed by atoms with Crippen molar-refractivity contribution < 1.29 is 0 Å². The van der Waals surface area contributed by atoms with Gasteiger partial charge in [0.05, 0.1) is 0 Å². The third kappa shape index (κ3) is 1.07. The van der Waals surface area contributed by atoms with Crippen LogP contribution < -0.4 is 5.32 Å². The van der Waals surface area contributed by atoms with Crippen LogP contribution in [0.3, 0.4) is 0 Å². The molecule has 2 rings (SSSR count). The summed E-state index contributed by atoms with van der Waals surface area (Å²) in [6.45, 7) is 2.36. The largest absolute Gasteiger partial charge is 0.309 e. The van der Waals surface area contributed by atoms with Crippen LogP contribution in [0.1, 0.15) is 39.0 Å². The van der Waals surface area contributed by atoms with E-state index < -0.39 is 0 Å². The third-order valence-electron chi connectivity index (χ3n) is 2.88. The van der Waals surface area contributed by atoms with Crippen LogP contribution in [-0.4, -0.2) is 11.6 Å². The lowest BCUT2D eigenvalue weighted by atomic mass is 9.78. The zero-order valence-electron chi connectivity index (χ0n) is 6.69. The molecule has 0 saturated carbocycles. The number of rotatable bonds is 0. The molecule has 2 aliphatic rings. The Labute approximate surface area is 63.2 Å². The van der Waals surface area contributed by atoms with Gasteiger partial charge in [-0.2, -0.15) is 0 Å². The number of nitrogens with one attached hydrogen (secondary N) is 1. The molecule has 0 spiro atoms. The minimum Gasteiger partial charge on any atom is -0.309 e. The maximum atomic E-state index is 3.70. The number of piperidine rings is 2. The average Bonchev–Trinajstić information content (AvgIpc) is 1.86. The summed E-state index contributed by atoms with van der Waals surface area (Å²) in [4.78, 5) is 0. The van der Waals surface area contributed by atoms with Crippen LogP contribution in [0.2, 0.25) is 0 Å². The summed E-state index contributed by atoms with van der Waals surface area (Å²) in [6, 6.07) is 0.812. The number of hydrogen-bond acceptors (Lipinski definition) is 1. The van der Waals surface area contributed by atoms with Crippen LogP contribution in [-0.2, 0) is 0 Å². The highest BCUT2D eigenvalue weighted by atomic mass is 15.0. The van der Waals surface area contributed by atoms with Crippen molar-refractivity contribution in [2.45, 2.75) is 50.6 Å². The Morgan fingerprint density at radius 3 is 3.20 bits per heavy atom. The molecule has 2 unspecified atom stereocenters. The van der Waals surface area contributed by atoms with Crippen molar-refractivity contribution in [2.75, 3.05) is 0 Å². The van der Waals surface area contributed by atoms with Crippen molar-refractivity contribution >= 4 is 0 Å². The van der Waals surface area contributed by atoms with Gasteiger partial charge < -0.3 is 5.32 Å². The Balaban J connectivity index is 2.07. The third-order valence-corrected chi connectivity index (χ3v) is 2.88. The molecular weight excluding hydrogens is 122 g/mol. The molecule has 10 heavy (non-hydrogen) atoms. The first-order chi connectivity index (χ1) is 4.79. The Bertz CT molecular complexity index is 121. The lowest BCUT2D eigenvalue weighted by Gasteiger charge is -2.44. The monoisotopic (exact) mass is 138 g/mol. The molecule has 1 N–H and O–H groups in total. The molecule has 2 bridgehead atoms. The highest BCUT2D eigenvalue weighted by Gasteiger charge is 2.34. The zero-order chi connectivity index (χ0) is 7.03. The van der Waals surface area contributed by atoms with Gasteiger partial charge in [-0.1, -0.05) is 6.42 Å². The molecular formula is C9H16N. The van der Waals surface area contributed by atoms with Crippen molar-refractivity contribution in [1.29, 1.82) is 0 Å². The summed E-state index contributed by atoms with van der Waals surface area (Å²) in [5, 5.41) is 3.70. The average molecular weight is 138 g/mol. The molecule has 1 heteroatoms. The SMILES string of the molecule is CC12C[CH]CC(CCC1)N2. The van der Waals surface area contributed by atoms with Crippen molar-refractivity contribution in [1.82, 2.24) is 5.32 Å². The van der Waals surface area contributed by atoms with Gasteiger partial charge in [0.15, 0.2) is 0 Å². The van der Waals surface area contributed by atoms with Crippen molar-refractivity contribution in [2.24, 2.45) is 0 Å². The molecule has 0 aliphatic carbocycles. The second-order valence-electron chi connectivity index (χ2n) is 4.02. The standard InChI is InChI=1S/C9H16N/c1-9-6-2-4-8(10-9)5-3-7-9/h2,8,10H,3-7H2,1H3. The van der Waals surface area contributed by atoms with E-state index >= 15 is 0 Å². The van der Waals surface area contributed by atoms with Gasteiger partial charge in [-0.3, -0.25) is 0 Å². The van der Waals surface area contributed by atoms with Crippen molar-refractivity contribution in [3.05, 3.63) is 6.42 Å². The molecule has 2 fully saturated rings. The molecule has 0 aromatic carbocycles. The lowest BCUT2D eigenvalue weighted by molar-refractivity contribution is 0.188. The Morgan fingerprint density at radius 1 is 1.60 bits per heavy atom. The van der Waals surface area contributed by atoms with E-state index in [9.17, 15) is 0 Å². The van der Waals surface area contributed by atoms with Crippen molar-refractivity contribution in [3.8, 4) is 0 Å². The first-order valence-corrected chi connectivity index (χ1v) is 4.38. The van der Waals surface area contributed by atoms with Crippen LogP contribution >= 0.6 is 0 Å². The van der Waals surface area contributed by atoms with E-state index in [1.54, 1.807) is 0 Å². The number of fused-ring (bicyclic) bond motifs is 2. The fraction of sp³-hybridized carbons (Fsp3) is 0.889. The second kappa shape index (κ2) is 2.23. The van der Waals surface area contributed by atoms with E-state index in [2.05, 4.69) is 18.7 Å².